The number of amides is 1. The number of fused-ring (bicyclic) bond motifs is 3. The number of ketones is 1. The molecule has 0 radical (unpaired) electrons. The number of hydrogen-bond donors (Lipinski definition) is 2. The molecule has 1 aliphatic carbocycles. The number of anilines is 1. The number of ether oxygens (including phenoxy) is 3. The molecule has 0 unspecified atom stereocenters. The summed E-state index contributed by atoms with van der Waals surface area (Å²) in [6, 6.07) is 1.86. The van der Waals surface area contributed by atoms with Gasteiger partial charge in [-0.15, -0.1) is 0 Å². The van der Waals surface area contributed by atoms with Crippen LogP contribution >= 0.6 is 0 Å². The lowest BCUT2D eigenvalue weighted by Gasteiger charge is -2.25. The van der Waals surface area contributed by atoms with Crippen LogP contribution in [0.2, 0.25) is 0 Å². The maximum Gasteiger partial charge on any atom is 0.221 e. The molecule has 3 N–H and O–H groups in total. The van der Waals surface area contributed by atoms with Crippen molar-refractivity contribution in [2.24, 2.45) is 0 Å². The van der Waals surface area contributed by atoms with E-state index >= 15 is 0 Å². The first-order chi connectivity index (χ1) is 17.3. The smallest absolute Gasteiger partial charge is 0.221 e. The number of hydrogen-bond acceptors (Lipinski definition) is 9. The molecule has 36 heavy (non-hydrogen) atoms. The molecule has 5 heterocycles. The monoisotopic (exact) mass is 495 g/mol. The predicted octanol–water partition coefficient (Wildman–Crippen LogP) is 1.35. The first kappa shape index (κ1) is 23.1. The average Bonchev–Trinajstić information content (AvgIpc) is 3.59. The number of imidazole rings is 1. The zero-order valence-electron chi connectivity index (χ0n) is 20.2. The van der Waals surface area contributed by atoms with Crippen LogP contribution in [0.4, 0.5) is 5.82 Å². The van der Waals surface area contributed by atoms with Gasteiger partial charge in [-0.3, -0.25) is 14.2 Å². The quantitative estimate of drug-likeness (QED) is 0.517. The number of nitrogens with zero attached hydrogens (tertiary/aromatic N) is 5. The van der Waals surface area contributed by atoms with Crippen molar-refractivity contribution in [1.29, 1.82) is 0 Å². The molecule has 1 amide bonds. The molecule has 0 aromatic carbocycles. The van der Waals surface area contributed by atoms with Crippen LogP contribution < -0.4 is 11.1 Å². The zero-order chi connectivity index (χ0) is 25.0. The summed E-state index contributed by atoms with van der Waals surface area (Å²) in [5.74, 6) is -0.428. The predicted molar refractivity (Wildman–Crippen MR) is 127 cm³/mol. The Labute approximate surface area is 207 Å². The molecular weight excluding hydrogens is 466 g/mol. The molecule has 0 spiro atoms. The highest BCUT2D eigenvalue weighted by Crippen LogP contribution is 2.43. The second-order valence-electron chi connectivity index (χ2n) is 9.91. The van der Waals surface area contributed by atoms with Gasteiger partial charge in [0.1, 0.15) is 30.2 Å². The number of nitrogens with two attached hydrogens (primary N) is 1. The van der Waals surface area contributed by atoms with E-state index in [0.717, 1.165) is 24.1 Å². The van der Waals surface area contributed by atoms with Gasteiger partial charge >= 0.3 is 0 Å². The van der Waals surface area contributed by atoms with E-state index in [1.165, 1.54) is 6.33 Å². The summed E-state index contributed by atoms with van der Waals surface area (Å²) in [5.41, 5.74) is 8.79. The molecule has 2 aliphatic heterocycles. The summed E-state index contributed by atoms with van der Waals surface area (Å²) in [7, 11) is 0. The molecule has 0 bridgehead atoms. The van der Waals surface area contributed by atoms with Gasteiger partial charge in [0.15, 0.2) is 29.3 Å². The van der Waals surface area contributed by atoms with Crippen molar-refractivity contribution >= 4 is 28.7 Å². The van der Waals surface area contributed by atoms with E-state index in [2.05, 4.69) is 20.3 Å². The number of nitrogens with one attached hydrogen (secondary N) is 1. The molecular formula is C24H29N7O5. The number of nitrogen functional groups attached to an aromatic ring is 1. The molecule has 3 aliphatic rings. The van der Waals surface area contributed by atoms with Crippen LogP contribution in [0.25, 0.3) is 11.2 Å². The Morgan fingerprint density at radius 3 is 2.92 bits per heavy atom. The molecule has 6 rings (SSSR count). The van der Waals surface area contributed by atoms with Crippen LogP contribution in [0.3, 0.4) is 0 Å². The lowest BCUT2D eigenvalue weighted by molar-refractivity contribution is -0.195. The van der Waals surface area contributed by atoms with Crippen LogP contribution in [-0.2, 0) is 32.0 Å². The maximum absolute atomic E-state index is 12.7. The van der Waals surface area contributed by atoms with Crippen molar-refractivity contribution in [2.45, 2.75) is 76.4 Å². The minimum absolute atomic E-state index is 0.102. The van der Waals surface area contributed by atoms with Gasteiger partial charge in [0.2, 0.25) is 5.91 Å². The molecule has 2 fully saturated rings. The van der Waals surface area contributed by atoms with Crippen LogP contribution in [0.1, 0.15) is 55.4 Å². The van der Waals surface area contributed by atoms with Crippen molar-refractivity contribution in [3.63, 3.8) is 0 Å². The maximum atomic E-state index is 12.7. The Morgan fingerprint density at radius 1 is 1.22 bits per heavy atom. The number of aromatic nitrogens is 5. The third-order valence-corrected chi connectivity index (χ3v) is 7.06. The molecule has 3 aromatic heterocycles. The Hall–Kier alpha value is -3.35. The van der Waals surface area contributed by atoms with E-state index in [4.69, 9.17) is 19.9 Å². The van der Waals surface area contributed by atoms with Gasteiger partial charge in [-0.1, -0.05) is 0 Å². The van der Waals surface area contributed by atoms with Crippen molar-refractivity contribution in [3.05, 3.63) is 36.2 Å². The van der Waals surface area contributed by atoms with Crippen molar-refractivity contribution < 1.29 is 23.8 Å². The van der Waals surface area contributed by atoms with Gasteiger partial charge in [0, 0.05) is 43.4 Å². The summed E-state index contributed by atoms with van der Waals surface area (Å²) in [6.07, 6.45) is 5.71. The summed E-state index contributed by atoms with van der Waals surface area (Å²) in [4.78, 5) is 37.4. The third-order valence-electron chi connectivity index (χ3n) is 7.06. The van der Waals surface area contributed by atoms with E-state index in [1.54, 1.807) is 10.9 Å². The standard InChI is InChI=1S/C24H29N7O5/c1-24(2)35-19-16(10-26-17(33)7-9-30-8-6-13-14(30)4-3-5-15(13)32)34-23(20(19)36-24)31-12-29-18-21(25)27-11-28-22(18)31/h6,8,11-12,16,19-20,23H,3-5,7,9-10H2,1-2H3,(H,26,33)(H2,25,27,28)/t16-,19-,20-,23-/m1/s1. The van der Waals surface area contributed by atoms with Crippen LogP contribution in [0.5, 0.6) is 0 Å². The number of carbonyl (C=O) groups is 2. The molecule has 4 atom stereocenters. The fourth-order valence-corrected chi connectivity index (χ4v) is 5.43. The first-order valence-electron chi connectivity index (χ1n) is 12.2. The fourth-order valence-electron chi connectivity index (χ4n) is 5.43. The van der Waals surface area contributed by atoms with Crippen LogP contribution in [0.15, 0.2) is 24.9 Å². The Balaban J connectivity index is 1.13. The lowest BCUT2D eigenvalue weighted by atomic mass is 9.97. The van der Waals surface area contributed by atoms with E-state index < -0.39 is 24.2 Å². The second kappa shape index (κ2) is 8.64. The molecule has 12 nitrogen and oxygen atoms in total. The SMILES string of the molecule is CC1(C)O[C@@H]2[C@H](O1)[C@@H](CNC(=O)CCn1ccc3c1CCCC3=O)O[C@H]2n1cnc2c(N)ncnc21. The largest absolute Gasteiger partial charge is 0.382 e. The van der Waals surface area contributed by atoms with Crippen molar-refractivity contribution in [1.82, 2.24) is 29.4 Å². The Bertz CT molecular complexity index is 1330. The Morgan fingerprint density at radius 2 is 2.06 bits per heavy atom. The van der Waals surface area contributed by atoms with E-state index in [-0.39, 0.29) is 30.2 Å². The topological polar surface area (TPSA) is 148 Å². The second-order valence-corrected chi connectivity index (χ2v) is 9.91. The molecule has 12 heteroatoms. The highest BCUT2D eigenvalue weighted by Gasteiger charge is 2.56. The normalized spacial score (nSPS) is 26.8. The molecule has 0 saturated carbocycles. The van der Waals surface area contributed by atoms with Gasteiger partial charge in [-0.05, 0) is 32.8 Å². The highest BCUT2D eigenvalue weighted by atomic mass is 16.8. The van der Waals surface area contributed by atoms with Gasteiger partial charge in [0.25, 0.3) is 0 Å². The van der Waals surface area contributed by atoms with Gasteiger partial charge < -0.3 is 29.8 Å². The van der Waals surface area contributed by atoms with Crippen LogP contribution in [-0.4, -0.2) is 66.4 Å². The van der Waals surface area contributed by atoms with E-state index in [1.807, 2.05) is 30.7 Å². The molecule has 2 saturated heterocycles. The Kier molecular flexibility index (Phi) is 5.54. The molecule has 190 valence electrons. The van der Waals surface area contributed by atoms with E-state index in [0.29, 0.717) is 30.6 Å². The average molecular weight is 496 g/mol. The fraction of sp³-hybridized carbons (Fsp3) is 0.542. The zero-order valence-corrected chi connectivity index (χ0v) is 20.2. The number of Topliss-reactive ketones (excluding diaryl/α,β-unsaturated/α-hetero) is 1. The number of rotatable bonds is 6. The lowest BCUT2D eigenvalue weighted by Crippen LogP contribution is -2.40. The summed E-state index contributed by atoms with van der Waals surface area (Å²) in [6.45, 7) is 4.49. The van der Waals surface area contributed by atoms with E-state index in [9.17, 15) is 9.59 Å². The van der Waals surface area contributed by atoms with Crippen LogP contribution in [0, 0.1) is 0 Å². The van der Waals surface area contributed by atoms with Gasteiger partial charge in [0.05, 0.1) is 6.33 Å². The summed E-state index contributed by atoms with van der Waals surface area (Å²) >= 11 is 0. The first-order valence-corrected chi connectivity index (χ1v) is 12.2. The van der Waals surface area contributed by atoms with Crippen molar-refractivity contribution in [2.75, 3.05) is 12.3 Å². The third kappa shape index (κ3) is 3.94. The number of aryl methyl sites for hydroxylation is 1. The van der Waals surface area contributed by atoms with Gasteiger partial charge in [-0.2, -0.15) is 0 Å². The molecule has 3 aromatic rings. The van der Waals surface area contributed by atoms with Crippen molar-refractivity contribution in [3.8, 4) is 0 Å². The highest BCUT2D eigenvalue weighted by molar-refractivity contribution is 5.98. The summed E-state index contributed by atoms with van der Waals surface area (Å²) in [5, 5.41) is 2.98. The van der Waals surface area contributed by atoms with Gasteiger partial charge in [-0.25, -0.2) is 15.0 Å². The minimum Gasteiger partial charge on any atom is -0.382 e. The number of carbonyl (C=O) groups excluding carboxylic acids is 2. The minimum atomic E-state index is -0.797. The summed E-state index contributed by atoms with van der Waals surface area (Å²) < 4.78 is 22.4.